The van der Waals surface area contributed by atoms with Gasteiger partial charge in [-0.1, -0.05) is 0 Å². The molecule has 0 spiro atoms. The Morgan fingerprint density at radius 1 is 0.310 bits per heavy atom. The molecule has 15 atom stereocenters. The zero-order chi connectivity index (χ0) is 69.7. The summed E-state index contributed by atoms with van der Waals surface area (Å²) in [5.41, 5.74) is 0. The Kier molecular flexibility index (Phi) is 27.2. The molecular weight excluding hydrogens is 1440 g/mol. The molecule has 576 valence electrons. The molecule has 100 heavy (non-hydrogen) atoms. The third-order valence-electron chi connectivity index (χ3n) is 23.7. The molecule has 0 saturated carbocycles. The number of likely N-dealkylation sites (N-methyl/N-ethyl adjacent to an activating group) is 7. The second-order valence-corrected chi connectivity index (χ2v) is 60.5. The Morgan fingerprint density at radius 2 is 0.550 bits per heavy atom. The molecule has 14 rings (SSSR count). The standard InChI is InChI=1S/C60H130N16O15Si9/c1-61-28-35-68(53-61)20-11-45-93-80-94(46-12-21-69-36-29-62(2)54-69)83-97(49-15-24-72-39-32-65(5)57-72)85-95(81-93,47-13-22-70-37-30-63(3)55-70)87-99(51-17-26-74-41-34-67(7)59-74)88-96(82-93,48-14-23-71-38-31-64(4)56-71)86-98(84-94,50-16-25-73-40-33-66(6)58-73)90-100(89-97,91-99)52-18-27-76-43-42-75(60-76)19-10-44-92(77,78-8)79-9/h77H,10-60H2,1-9H3/p+7/t93?,94?,95?,96?,97-,98?,99?,100?. The lowest BCUT2D eigenvalue weighted by atomic mass is 10.4. The molecule has 31 nitrogen and oxygen atoms in total. The van der Waals surface area contributed by atoms with Gasteiger partial charge in [-0.15, -0.1) is 0 Å². The van der Waals surface area contributed by atoms with Crippen molar-refractivity contribution >= 4 is 79.2 Å². The molecule has 14 saturated heterocycles. The topological polar surface area (TPSA) is 210 Å². The molecule has 40 heteroatoms. The van der Waals surface area contributed by atoms with E-state index in [-0.39, 0.29) is 0 Å². The Balaban J connectivity index is 0.955. The predicted molar refractivity (Wildman–Crippen MR) is 391 cm³/mol. The van der Waals surface area contributed by atoms with Crippen LogP contribution in [-0.2, 0) is 58.2 Å². The van der Waals surface area contributed by atoms with Crippen LogP contribution in [0, 0.1) is 0 Å². The van der Waals surface area contributed by atoms with Crippen molar-refractivity contribution in [1.82, 2.24) is 44.1 Å². The first-order chi connectivity index (χ1) is 48.1. The maximum atomic E-state index is 11.0. The van der Waals surface area contributed by atoms with Crippen molar-refractivity contribution in [3.63, 3.8) is 0 Å². The van der Waals surface area contributed by atoms with E-state index in [4.69, 9.17) is 58.2 Å². The van der Waals surface area contributed by atoms with Crippen molar-refractivity contribution in [1.29, 1.82) is 0 Å². The van der Waals surface area contributed by atoms with Crippen LogP contribution in [0.4, 0.5) is 0 Å². The van der Waals surface area contributed by atoms with E-state index in [1.165, 1.54) is 19.6 Å². The fourth-order valence-corrected chi connectivity index (χ4v) is 69.8. The summed E-state index contributed by atoms with van der Waals surface area (Å²) in [4.78, 5) is 44.5. The molecule has 14 heterocycles. The first kappa shape index (κ1) is 78.8. The van der Waals surface area contributed by atoms with Crippen LogP contribution in [-0.4, -0.2) is 409 Å². The number of quaternary nitrogens is 7. The van der Waals surface area contributed by atoms with Gasteiger partial charge in [0.05, 0.1) is 146 Å². The molecule has 0 aromatic heterocycles. The first-order valence-electron chi connectivity index (χ1n) is 39.5. The molecule has 14 unspecified atom stereocenters. The van der Waals surface area contributed by atoms with Crippen molar-refractivity contribution in [2.45, 2.75) is 112 Å². The second kappa shape index (κ2) is 34.5. The lowest BCUT2D eigenvalue weighted by molar-refractivity contribution is -0.891. The Morgan fingerprint density at radius 3 is 0.770 bits per heavy atom. The summed E-state index contributed by atoms with van der Waals surface area (Å²) in [5, 5.41) is 0. The summed E-state index contributed by atoms with van der Waals surface area (Å²) in [7, 11) is -17.9. The summed E-state index contributed by atoms with van der Waals surface area (Å²) in [6.07, 6.45) is 7.05. The quantitative estimate of drug-likeness (QED) is 0.0270. The average molecular weight is 1580 g/mol. The summed E-state index contributed by atoms with van der Waals surface area (Å²) >= 11 is 0. The summed E-state index contributed by atoms with van der Waals surface area (Å²) < 4.78 is 114. The number of nitrogens with one attached hydrogen (secondary N) is 7. The van der Waals surface area contributed by atoms with Crippen LogP contribution in [0.2, 0.25) is 54.4 Å². The van der Waals surface area contributed by atoms with E-state index >= 15 is 0 Å². The van der Waals surface area contributed by atoms with Crippen LogP contribution >= 0.6 is 0 Å². The van der Waals surface area contributed by atoms with Gasteiger partial charge in [0, 0.05) is 127 Å². The van der Waals surface area contributed by atoms with Gasteiger partial charge in [-0.25, -0.2) is 0 Å². The number of hydrogen-bond acceptors (Lipinski definition) is 24. The third-order valence-corrected chi connectivity index (χ3v) is 63.6. The SMILES string of the molecule is CO[Si](O)(CCCN1CCN(CCC[Si]23O[Si]4(CCCN5CC[NH+](C)C5)O[Si]5(CCC[NH+]6CCN(C)C6)O[Si](CCCN6CC[NH+](C)C6)(O2)O[Si]2(CCC[NH+]6CCN(C)C6)O[Si](CCC[NH+]6CCN(C)C6)(O5)O[Si](CCCN5CC[NH+](C)C5)(O4)O[Si@@](CCCN4CC[NH+](C)C4)(O3)O2)C1)OC. The zero-order valence-electron chi connectivity index (χ0n) is 63.3. The van der Waals surface area contributed by atoms with E-state index < -0.39 is 79.2 Å². The lowest BCUT2D eigenvalue weighted by Gasteiger charge is -2.63. The Hall–Kier alpha value is 0.712. The average Bonchev–Trinajstić information content (AvgIpc) is 0.892. The van der Waals surface area contributed by atoms with Crippen LogP contribution in [0.25, 0.3) is 0 Å². The van der Waals surface area contributed by atoms with Gasteiger partial charge >= 0.3 is 79.2 Å². The van der Waals surface area contributed by atoms with E-state index in [2.05, 4.69) is 93.4 Å². The maximum absolute atomic E-state index is 11.0. The molecule has 14 aliphatic rings. The lowest BCUT2D eigenvalue weighted by Crippen LogP contribution is -3.10. The van der Waals surface area contributed by atoms with Gasteiger partial charge in [0.15, 0.2) is 0 Å². The van der Waals surface area contributed by atoms with Gasteiger partial charge < -0.3 is 97.3 Å². The van der Waals surface area contributed by atoms with Gasteiger partial charge in [-0.2, -0.15) is 0 Å². The fourth-order valence-electron chi connectivity index (χ4n) is 18.3. The smallest absolute Gasteiger partial charge is 0.390 e. The minimum absolute atomic E-state index is 0.477. The van der Waals surface area contributed by atoms with Gasteiger partial charge in [-0.05, 0) is 72.8 Å². The number of hydrogen-bond donors (Lipinski definition) is 8. The first-order valence-corrected chi connectivity index (χ1v) is 56.9. The van der Waals surface area contributed by atoms with Crippen molar-refractivity contribution in [2.75, 3.05) is 281 Å². The van der Waals surface area contributed by atoms with Crippen molar-refractivity contribution in [3.05, 3.63) is 0 Å². The molecule has 0 radical (unpaired) electrons. The van der Waals surface area contributed by atoms with Crippen molar-refractivity contribution < 1.29 is 97.3 Å². The van der Waals surface area contributed by atoms with Crippen LogP contribution in [0.3, 0.4) is 0 Å². The Bertz CT molecular complexity index is 2380. The molecule has 8 N–H and O–H groups in total. The monoisotopic (exact) mass is 1570 g/mol. The van der Waals surface area contributed by atoms with Gasteiger partial charge in [-0.3, -0.25) is 44.1 Å². The highest BCUT2D eigenvalue weighted by molar-refractivity contribution is 7.03. The minimum Gasteiger partial charge on any atom is -0.390 e. The largest absolute Gasteiger partial charge is 0.497 e. The van der Waals surface area contributed by atoms with Gasteiger partial charge in [0.25, 0.3) is 0 Å². The van der Waals surface area contributed by atoms with Crippen LogP contribution in [0.15, 0.2) is 0 Å². The summed E-state index contributed by atoms with van der Waals surface area (Å²) in [6, 6.07) is 4.63. The molecule has 0 amide bonds. The van der Waals surface area contributed by atoms with E-state index in [9.17, 15) is 4.80 Å². The van der Waals surface area contributed by atoms with Crippen molar-refractivity contribution in [3.8, 4) is 0 Å². The van der Waals surface area contributed by atoms with E-state index in [0.29, 0.717) is 54.4 Å². The Labute approximate surface area is 609 Å². The molecule has 14 aliphatic heterocycles. The summed E-state index contributed by atoms with van der Waals surface area (Å²) in [5.74, 6) is 0. The summed E-state index contributed by atoms with van der Waals surface area (Å²) in [6.45, 7) is 32.6. The number of rotatable bonds is 38. The number of nitrogens with zero attached hydrogens (tertiary/aromatic N) is 9. The van der Waals surface area contributed by atoms with E-state index in [1.807, 2.05) is 0 Å². The predicted octanol–water partition coefficient (Wildman–Crippen LogP) is -9.41. The molecule has 8 bridgehead atoms. The van der Waals surface area contributed by atoms with E-state index in [1.54, 1.807) is 28.9 Å². The molecule has 0 aromatic carbocycles. The normalized spacial score (nSPS) is 40.7. The fraction of sp³-hybridized carbons (Fsp3) is 1.00. The zero-order valence-corrected chi connectivity index (χ0v) is 72.3. The second-order valence-electron chi connectivity index (χ2n) is 33.0. The van der Waals surface area contributed by atoms with Gasteiger partial charge in [0.1, 0.15) is 46.7 Å². The minimum atomic E-state index is -4.26. The maximum Gasteiger partial charge on any atom is 0.497 e. The van der Waals surface area contributed by atoms with Crippen LogP contribution in [0.1, 0.15) is 57.8 Å². The van der Waals surface area contributed by atoms with E-state index in [0.717, 1.165) is 275 Å². The molecular formula is C60H137N16O15Si9+7. The van der Waals surface area contributed by atoms with Gasteiger partial charge in [0.2, 0.25) is 0 Å². The highest BCUT2D eigenvalue weighted by Gasteiger charge is 2.83. The molecule has 14 fully saturated rings. The highest BCUT2D eigenvalue weighted by Crippen LogP contribution is 2.55. The highest BCUT2D eigenvalue weighted by atomic mass is 28.6. The van der Waals surface area contributed by atoms with Crippen molar-refractivity contribution in [2.24, 2.45) is 0 Å². The molecule has 0 aliphatic carbocycles. The van der Waals surface area contributed by atoms with Crippen LogP contribution < -0.4 is 34.3 Å². The molecule has 0 aromatic rings. The third kappa shape index (κ3) is 20.6. The van der Waals surface area contributed by atoms with Crippen LogP contribution in [0.5, 0.6) is 0 Å².